The Balaban J connectivity index is 2.56. The predicted molar refractivity (Wildman–Crippen MR) is 72.4 cm³/mol. The summed E-state index contributed by atoms with van der Waals surface area (Å²) in [5, 5.41) is 9.93. The zero-order valence-corrected chi connectivity index (χ0v) is 10.6. The van der Waals surface area contributed by atoms with E-state index >= 15 is 0 Å². The minimum absolute atomic E-state index is 0.215. The fourth-order valence-electron chi connectivity index (χ4n) is 2.05. The van der Waals surface area contributed by atoms with Crippen molar-refractivity contribution < 1.29 is 14.3 Å². The number of aldehydes is 1. The van der Waals surface area contributed by atoms with E-state index in [1.54, 1.807) is 12.1 Å². The van der Waals surface area contributed by atoms with Crippen molar-refractivity contribution >= 4 is 22.9 Å². The number of likely N-dealkylation sites (N-methyl/N-ethyl adjacent to an activating group) is 1. The first-order valence-corrected chi connectivity index (χ1v) is 6.05. The van der Waals surface area contributed by atoms with E-state index in [4.69, 9.17) is 4.42 Å². The van der Waals surface area contributed by atoms with Crippen molar-refractivity contribution in [2.24, 2.45) is 0 Å². The van der Waals surface area contributed by atoms with Crippen molar-refractivity contribution in [3.63, 3.8) is 0 Å². The van der Waals surface area contributed by atoms with E-state index in [9.17, 15) is 14.7 Å². The molecule has 0 aliphatic heterocycles. The molecule has 0 bridgehead atoms. The topological polar surface area (TPSA) is 70.8 Å². The number of benzene rings is 1. The number of carbonyl (C=O) groups is 1. The first-order chi connectivity index (χ1) is 9.19. The van der Waals surface area contributed by atoms with Gasteiger partial charge < -0.3 is 19.2 Å². The zero-order valence-electron chi connectivity index (χ0n) is 10.6. The van der Waals surface area contributed by atoms with Crippen LogP contribution >= 0.6 is 0 Å². The Morgan fingerprint density at radius 2 is 2.16 bits per heavy atom. The molecule has 0 atom stereocenters. The Hall–Kier alpha value is -2.14. The van der Waals surface area contributed by atoms with Crippen LogP contribution in [0.4, 0.5) is 5.69 Å². The van der Waals surface area contributed by atoms with E-state index < -0.39 is 5.63 Å². The van der Waals surface area contributed by atoms with Crippen LogP contribution in [0, 0.1) is 0 Å². The number of hydrogen-bond donors (Lipinski definition) is 1. The van der Waals surface area contributed by atoms with Crippen molar-refractivity contribution in [1.29, 1.82) is 0 Å². The van der Waals surface area contributed by atoms with E-state index in [-0.39, 0.29) is 13.2 Å². The van der Waals surface area contributed by atoms with Crippen LogP contribution in [0.1, 0.15) is 12.5 Å². The van der Waals surface area contributed by atoms with Gasteiger partial charge in [-0.1, -0.05) is 0 Å². The Kier molecular flexibility index (Phi) is 3.97. The fourth-order valence-corrected chi connectivity index (χ4v) is 2.05. The van der Waals surface area contributed by atoms with Gasteiger partial charge in [0, 0.05) is 29.8 Å². The van der Waals surface area contributed by atoms with E-state index in [0.29, 0.717) is 23.1 Å². The lowest BCUT2D eigenvalue weighted by molar-refractivity contribution is -0.106. The molecule has 5 heteroatoms. The highest BCUT2D eigenvalue weighted by Gasteiger charge is 2.09. The Morgan fingerprint density at radius 1 is 1.37 bits per heavy atom. The molecule has 1 aromatic heterocycles. The maximum absolute atomic E-state index is 11.4. The summed E-state index contributed by atoms with van der Waals surface area (Å²) in [5.41, 5.74) is 1.27. The van der Waals surface area contributed by atoms with Crippen molar-refractivity contribution in [2.45, 2.75) is 13.5 Å². The summed E-state index contributed by atoms with van der Waals surface area (Å²) in [7, 11) is 0. The number of fused-ring (bicyclic) bond motifs is 1. The molecule has 0 aliphatic carbocycles. The number of carbonyl (C=O) groups excluding carboxylic acids is 1. The van der Waals surface area contributed by atoms with Gasteiger partial charge in [-0.25, -0.2) is 4.79 Å². The smallest absolute Gasteiger partial charge is 0.336 e. The van der Waals surface area contributed by atoms with Crippen LogP contribution in [0.3, 0.4) is 0 Å². The third kappa shape index (κ3) is 2.66. The molecular weight excluding hydrogens is 246 g/mol. The van der Waals surface area contributed by atoms with E-state index in [0.717, 1.165) is 12.0 Å². The monoisotopic (exact) mass is 261 g/mol. The molecule has 0 fully saturated rings. The van der Waals surface area contributed by atoms with Gasteiger partial charge in [-0.3, -0.25) is 0 Å². The summed E-state index contributed by atoms with van der Waals surface area (Å²) in [6.45, 7) is 2.68. The average molecular weight is 261 g/mol. The molecule has 5 nitrogen and oxygen atoms in total. The number of aliphatic hydroxyl groups excluding tert-OH is 1. The lowest BCUT2D eigenvalue weighted by Crippen LogP contribution is -2.24. The van der Waals surface area contributed by atoms with Crippen molar-refractivity contribution in [3.05, 3.63) is 40.2 Å². The molecule has 0 radical (unpaired) electrons. The average Bonchev–Trinajstić information content (AvgIpc) is 2.43. The summed E-state index contributed by atoms with van der Waals surface area (Å²) in [6.07, 6.45) is 0.827. The predicted octanol–water partition coefficient (Wildman–Crippen LogP) is 1.31. The van der Waals surface area contributed by atoms with E-state index in [1.165, 1.54) is 6.07 Å². The van der Waals surface area contributed by atoms with E-state index in [2.05, 4.69) is 0 Å². The largest absolute Gasteiger partial charge is 0.423 e. The minimum Gasteiger partial charge on any atom is -0.423 e. The summed E-state index contributed by atoms with van der Waals surface area (Å²) in [6, 6.07) is 6.62. The first-order valence-electron chi connectivity index (χ1n) is 6.05. The van der Waals surface area contributed by atoms with Crippen molar-refractivity contribution in [2.75, 3.05) is 18.0 Å². The molecule has 2 rings (SSSR count). The molecule has 19 heavy (non-hydrogen) atoms. The molecule has 0 unspecified atom stereocenters. The van der Waals surface area contributed by atoms with Crippen molar-refractivity contribution in [3.8, 4) is 0 Å². The second kappa shape index (κ2) is 5.67. The second-order valence-corrected chi connectivity index (χ2v) is 4.13. The normalized spacial score (nSPS) is 10.6. The SMILES string of the molecule is CCN(CC=O)c1ccc2c(CO)cc(=O)oc2c1. The van der Waals surface area contributed by atoms with Crippen LogP contribution in [0.15, 0.2) is 33.5 Å². The number of rotatable bonds is 5. The van der Waals surface area contributed by atoms with Gasteiger partial charge in [-0.05, 0) is 24.6 Å². The van der Waals surface area contributed by atoms with Crippen LogP contribution in [-0.2, 0) is 11.4 Å². The van der Waals surface area contributed by atoms with Gasteiger partial charge in [-0.2, -0.15) is 0 Å². The van der Waals surface area contributed by atoms with Crippen LogP contribution in [0.25, 0.3) is 11.0 Å². The van der Waals surface area contributed by atoms with Gasteiger partial charge >= 0.3 is 5.63 Å². The van der Waals surface area contributed by atoms with E-state index in [1.807, 2.05) is 17.9 Å². The summed E-state index contributed by atoms with van der Waals surface area (Å²) in [4.78, 5) is 23.9. The van der Waals surface area contributed by atoms with Gasteiger partial charge in [0.1, 0.15) is 11.9 Å². The Labute approximate surface area is 110 Å². The van der Waals surface area contributed by atoms with Gasteiger partial charge in [-0.15, -0.1) is 0 Å². The number of nitrogens with zero attached hydrogens (tertiary/aromatic N) is 1. The molecule has 0 saturated carbocycles. The Morgan fingerprint density at radius 3 is 2.79 bits per heavy atom. The standard InChI is InChI=1S/C14H15NO4/c1-2-15(5-6-16)11-3-4-12-10(9-17)7-14(18)19-13(12)8-11/h3-4,6-8,17H,2,5,9H2,1H3. The number of hydrogen-bond acceptors (Lipinski definition) is 5. The third-order valence-corrected chi connectivity index (χ3v) is 3.03. The van der Waals surface area contributed by atoms with Crippen LogP contribution < -0.4 is 10.5 Å². The van der Waals surface area contributed by atoms with Crippen molar-refractivity contribution in [1.82, 2.24) is 0 Å². The highest BCUT2D eigenvalue weighted by Crippen LogP contribution is 2.23. The van der Waals surface area contributed by atoms with Crippen LogP contribution in [-0.4, -0.2) is 24.5 Å². The highest BCUT2D eigenvalue weighted by atomic mass is 16.4. The molecule has 1 N–H and O–H groups in total. The van der Waals surface area contributed by atoms with Gasteiger partial charge in [0.05, 0.1) is 13.2 Å². The van der Waals surface area contributed by atoms with Crippen LogP contribution in [0.5, 0.6) is 0 Å². The molecule has 0 amide bonds. The van der Waals surface area contributed by atoms with Gasteiger partial charge in [0.25, 0.3) is 0 Å². The quantitative estimate of drug-likeness (QED) is 0.649. The Bertz CT molecular complexity index is 647. The molecule has 0 spiro atoms. The van der Waals surface area contributed by atoms with Gasteiger partial charge in [0.2, 0.25) is 0 Å². The molecule has 0 saturated heterocycles. The number of anilines is 1. The molecular formula is C14H15NO4. The number of aliphatic hydroxyl groups is 1. The fraction of sp³-hybridized carbons (Fsp3) is 0.286. The maximum atomic E-state index is 11.4. The lowest BCUT2D eigenvalue weighted by Gasteiger charge is -2.20. The highest BCUT2D eigenvalue weighted by molar-refractivity contribution is 5.84. The molecule has 100 valence electrons. The second-order valence-electron chi connectivity index (χ2n) is 4.13. The minimum atomic E-state index is -0.493. The van der Waals surface area contributed by atoms with Gasteiger partial charge in [0.15, 0.2) is 0 Å². The summed E-state index contributed by atoms with van der Waals surface area (Å²) >= 11 is 0. The zero-order chi connectivity index (χ0) is 13.8. The summed E-state index contributed by atoms with van der Waals surface area (Å²) < 4.78 is 5.14. The molecule has 1 aromatic carbocycles. The molecule has 0 aliphatic rings. The van der Waals surface area contributed by atoms with Crippen LogP contribution in [0.2, 0.25) is 0 Å². The third-order valence-electron chi connectivity index (χ3n) is 3.03. The maximum Gasteiger partial charge on any atom is 0.336 e. The first kappa shape index (κ1) is 13.3. The molecule has 2 aromatic rings. The molecule has 1 heterocycles. The summed E-state index contributed by atoms with van der Waals surface area (Å²) in [5.74, 6) is 0. The lowest BCUT2D eigenvalue weighted by atomic mass is 10.1.